The summed E-state index contributed by atoms with van der Waals surface area (Å²) < 4.78 is 24.1. The molecule has 0 aliphatic carbocycles. The minimum Gasteiger partial charge on any atom is -0.496 e. The number of amides is 1. The van der Waals surface area contributed by atoms with Crippen LogP contribution in [-0.4, -0.2) is 18.0 Å². The highest BCUT2D eigenvalue weighted by molar-refractivity contribution is 6.01. The molecular formula is C17H13FN2O3. The number of methoxy groups -OCH3 is 1. The van der Waals surface area contributed by atoms with Crippen molar-refractivity contribution in [2.45, 2.75) is 0 Å². The number of primary amides is 1. The third-order valence-electron chi connectivity index (χ3n) is 3.31. The number of hydrogen-bond acceptors (Lipinski definition) is 4. The van der Waals surface area contributed by atoms with Crippen molar-refractivity contribution in [1.29, 1.82) is 0 Å². The summed E-state index contributed by atoms with van der Waals surface area (Å²) in [7, 11) is 1.45. The number of ether oxygens (including phenoxy) is 2. The van der Waals surface area contributed by atoms with Crippen LogP contribution in [0.2, 0.25) is 0 Å². The van der Waals surface area contributed by atoms with Gasteiger partial charge in [0.2, 0.25) is 0 Å². The molecule has 116 valence electrons. The fraction of sp³-hybridized carbons (Fsp3) is 0.0588. The van der Waals surface area contributed by atoms with E-state index in [0.29, 0.717) is 28.2 Å². The van der Waals surface area contributed by atoms with E-state index in [2.05, 4.69) is 4.98 Å². The first kappa shape index (κ1) is 14.8. The molecule has 0 aliphatic rings. The van der Waals surface area contributed by atoms with Crippen LogP contribution in [0.15, 0.2) is 48.7 Å². The fourth-order valence-corrected chi connectivity index (χ4v) is 2.26. The Morgan fingerprint density at radius 2 is 2.00 bits per heavy atom. The highest BCUT2D eigenvalue weighted by Gasteiger charge is 2.14. The van der Waals surface area contributed by atoms with Gasteiger partial charge in [-0.1, -0.05) is 6.07 Å². The summed E-state index contributed by atoms with van der Waals surface area (Å²) in [5.41, 5.74) is 6.16. The lowest BCUT2D eigenvalue weighted by Crippen LogP contribution is -2.12. The third kappa shape index (κ3) is 2.91. The van der Waals surface area contributed by atoms with Gasteiger partial charge in [-0.15, -0.1) is 0 Å². The zero-order valence-electron chi connectivity index (χ0n) is 12.2. The van der Waals surface area contributed by atoms with E-state index in [-0.39, 0.29) is 5.56 Å². The number of nitrogens with zero attached hydrogens (tertiary/aromatic N) is 1. The number of pyridine rings is 1. The molecular weight excluding hydrogens is 299 g/mol. The van der Waals surface area contributed by atoms with Crippen LogP contribution in [0.25, 0.3) is 10.9 Å². The summed E-state index contributed by atoms with van der Waals surface area (Å²) in [5.74, 6) is 0.0877. The number of aromatic nitrogens is 1. The zero-order chi connectivity index (χ0) is 16.4. The normalized spacial score (nSPS) is 10.5. The molecule has 0 bridgehead atoms. The Morgan fingerprint density at radius 1 is 1.17 bits per heavy atom. The Balaban J connectivity index is 2.13. The quantitative estimate of drug-likeness (QED) is 0.802. The highest BCUT2D eigenvalue weighted by atomic mass is 19.1. The predicted octanol–water partition coefficient (Wildman–Crippen LogP) is 3.27. The molecule has 0 spiro atoms. The number of halogens is 1. The van der Waals surface area contributed by atoms with Gasteiger partial charge in [-0.3, -0.25) is 9.78 Å². The number of rotatable bonds is 4. The monoisotopic (exact) mass is 312 g/mol. The fourth-order valence-electron chi connectivity index (χ4n) is 2.26. The van der Waals surface area contributed by atoms with Crippen LogP contribution in [-0.2, 0) is 0 Å². The first-order valence-corrected chi connectivity index (χ1v) is 6.78. The molecule has 2 N–H and O–H groups in total. The van der Waals surface area contributed by atoms with E-state index in [0.717, 1.165) is 0 Å². The maximum Gasteiger partial charge on any atom is 0.252 e. The number of fused-ring (bicyclic) bond motifs is 1. The van der Waals surface area contributed by atoms with E-state index < -0.39 is 11.7 Å². The molecule has 0 saturated heterocycles. The molecule has 0 saturated carbocycles. The van der Waals surface area contributed by atoms with Crippen molar-refractivity contribution in [3.63, 3.8) is 0 Å². The molecule has 0 fully saturated rings. The highest BCUT2D eigenvalue weighted by Crippen LogP contribution is 2.33. The topological polar surface area (TPSA) is 74.4 Å². The summed E-state index contributed by atoms with van der Waals surface area (Å²) in [6.07, 6.45) is 1.56. The SMILES string of the molecule is COc1cc2nccc(Oc3cccc(F)c3)c2cc1C(N)=O. The summed E-state index contributed by atoms with van der Waals surface area (Å²) in [6.45, 7) is 0. The van der Waals surface area contributed by atoms with Gasteiger partial charge >= 0.3 is 0 Å². The number of carbonyl (C=O) groups is 1. The van der Waals surface area contributed by atoms with Crippen molar-refractivity contribution >= 4 is 16.8 Å². The Morgan fingerprint density at radius 3 is 2.70 bits per heavy atom. The molecule has 23 heavy (non-hydrogen) atoms. The molecule has 1 aromatic heterocycles. The predicted molar refractivity (Wildman–Crippen MR) is 83.3 cm³/mol. The maximum absolute atomic E-state index is 13.3. The van der Waals surface area contributed by atoms with Gasteiger partial charge in [0.25, 0.3) is 5.91 Å². The molecule has 0 aliphatic heterocycles. The van der Waals surface area contributed by atoms with Gasteiger partial charge in [0, 0.05) is 23.7 Å². The number of benzene rings is 2. The molecule has 3 aromatic rings. The molecule has 2 aromatic carbocycles. The molecule has 5 nitrogen and oxygen atoms in total. The van der Waals surface area contributed by atoms with E-state index in [1.54, 1.807) is 36.5 Å². The van der Waals surface area contributed by atoms with Gasteiger partial charge in [0.15, 0.2) is 0 Å². The molecule has 0 atom stereocenters. The average Bonchev–Trinajstić information content (AvgIpc) is 2.54. The van der Waals surface area contributed by atoms with E-state index >= 15 is 0 Å². The summed E-state index contributed by atoms with van der Waals surface area (Å²) >= 11 is 0. The second kappa shape index (κ2) is 5.92. The summed E-state index contributed by atoms with van der Waals surface area (Å²) in [5, 5.41) is 0.575. The van der Waals surface area contributed by atoms with Crippen LogP contribution in [0.3, 0.4) is 0 Å². The molecule has 3 rings (SSSR count). The van der Waals surface area contributed by atoms with Crippen molar-refractivity contribution in [2.75, 3.05) is 7.11 Å². The van der Waals surface area contributed by atoms with Crippen LogP contribution in [0.4, 0.5) is 4.39 Å². The first-order chi connectivity index (χ1) is 11.1. The maximum atomic E-state index is 13.3. The third-order valence-corrected chi connectivity index (χ3v) is 3.31. The first-order valence-electron chi connectivity index (χ1n) is 6.78. The molecule has 0 radical (unpaired) electrons. The van der Waals surface area contributed by atoms with Gasteiger partial charge < -0.3 is 15.2 Å². The summed E-state index contributed by atoms with van der Waals surface area (Å²) in [4.78, 5) is 15.8. The standard InChI is InChI=1S/C17H13FN2O3/c1-22-16-9-14-12(8-13(16)17(19)21)15(5-6-20-14)23-11-4-2-3-10(18)7-11/h2-9H,1H3,(H2,19,21). The zero-order valence-corrected chi connectivity index (χ0v) is 12.2. The van der Waals surface area contributed by atoms with Crippen LogP contribution in [0, 0.1) is 5.82 Å². The lowest BCUT2D eigenvalue weighted by atomic mass is 10.1. The molecule has 0 unspecified atom stereocenters. The van der Waals surface area contributed by atoms with Crippen molar-refractivity contribution in [1.82, 2.24) is 4.98 Å². The second-order valence-electron chi connectivity index (χ2n) is 4.80. The largest absolute Gasteiger partial charge is 0.496 e. The minimum atomic E-state index is -0.621. The van der Waals surface area contributed by atoms with Crippen LogP contribution >= 0.6 is 0 Å². The Bertz CT molecular complexity index is 896. The van der Waals surface area contributed by atoms with Gasteiger partial charge in [-0.05, 0) is 24.3 Å². The van der Waals surface area contributed by atoms with Crippen molar-refractivity contribution < 1.29 is 18.7 Å². The Labute approximate surface area is 131 Å². The second-order valence-corrected chi connectivity index (χ2v) is 4.80. The van der Waals surface area contributed by atoms with Crippen LogP contribution < -0.4 is 15.2 Å². The van der Waals surface area contributed by atoms with E-state index in [9.17, 15) is 9.18 Å². The lowest BCUT2D eigenvalue weighted by molar-refractivity contribution is 0.0997. The minimum absolute atomic E-state index is 0.220. The van der Waals surface area contributed by atoms with Gasteiger partial charge in [-0.2, -0.15) is 0 Å². The van der Waals surface area contributed by atoms with Crippen LogP contribution in [0.1, 0.15) is 10.4 Å². The van der Waals surface area contributed by atoms with Gasteiger partial charge in [0.05, 0.1) is 18.2 Å². The number of carbonyl (C=O) groups excluding carboxylic acids is 1. The number of nitrogens with two attached hydrogens (primary N) is 1. The molecule has 1 amide bonds. The van der Waals surface area contributed by atoms with Crippen LogP contribution in [0.5, 0.6) is 17.2 Å². The van der Waals surface area contributed by atoms with E-state index in [1.165, 1.54) is 19.2 Å². The van der Waals surface area contributed by atoms with E-state index in [4.69, 9.17) is 15.2 Å². The summed E-state index contributed by atoms with van der Waals surface area (Å²) in [6, 6.07) is 10.6. The van der Waals surface area contributed by atoms with Crippen molar-refractivity contribution in [3.05, 3.63) is 60.0 Å². The van der Waals surface area contributed by atoms with Gasteiger partial charge in [0.1, 0.15) is 23.1 Å². The average molecular weight is 312 g/mol. The lowest BCUT2D eigenvalue weighted by Gasteiger charge is -2.11. The van der Waals surface area contributed by atoms with Gasteiger partial charge in [-0.25, -0.2) is 4.39 Å². The molecule has 6 heteroatoms. The number of hydrogen-bond donors (Lipinski definition) is 1. The Kier molecular flexibility index (Phi) is 3.80. The van der Waals surface area contributed by atoms with Crippen molar-refractivity contribution in [2.24, 2.45) is 5.73 Å². The smallest absolute Gasteiger partial charge is 0.252 e. The Hall–Kier alpha value is -3.15. The van der Waals surface area contributed by atoms with Crippen molar-refractivity contribution in [3.8, 4) is 17.2 Å². The van der Waals surface area contributed by atoms with E-state index in [1.807, 2.05) is 0 Å². The molecule has 1 heterocycles.